The van der Waals surface area contributed by atoms with Crippen molar-refractivity contribution in [2.45, 2.75) is 32.4 Å². The molecule has 7 heteroatoms. The number of nitrogens with one attached hydrogen (secondary N) is 1. The van der Waals surface area contributed by atoms with Gasteiger partial charge < -0.3 is 19.1 Å². The van der Waals surface area contributed by atoms with Crippen LogP contribution in [0.5, 0.6) is 0 Å². The molecular weight excluding hydrogens is 318 g/mol. The van der Waals surface area contributed by atoms with Crippen molar-refractivity contribution in [3.63, 3.8) is 0 Å². The number of aromatic nitrogens is 3. The van der Waals surface area contributed by atoms with Crippen molar-refractivity contribution >= 4 is 5.82 Å². The Morgan fingerprint density at radius 3 is 3.08 bits per heavy atom. The van der Waals surface area contributed by atoms with Crippen molar-refractivity contribution in [1.29, 1.82) is 0 Å². The average Bonchev–Trinajstić information content (AvgIpc) is 3.37. The first-order valence-electron chi connectivity index (χ1n) is 8.56. The summed E-state index contributed by atoms with van der Waals surface area (Å²) >= 11 is 0. The lowest BCUT2D eigenvalue weighted by molar-refractivity contribution is 0.498. The molecule has 0 bridgehead atoms. The summed E-state index contributed by atoms with van der Waals surface area (Å²) < 4.78 is 11.0. The lowest BCUT2D eigenvalue weighted by atomic mass is 10.2. The SMILES string of the molecule is Cc1oc(-c2ccco2)nc1CNC[C@H]1CCCN1c1cccnn1. The minimum atomic E-state index is 0.424. The summed E-state index contributed by atoms with van der Waals surface area (Å²) in [5.74, 6) is 2.95. The number of oxazole rings is 1. The first-order valence-corrected chi connectivity index (χ1v) is 8.56. The summed E-state index contributed by atoms with van der Waals surface area (Å²) in [6.07, 6.45) is 5.65. The van der Waals surface area contributed by atoms with Gasteiger partial charge in [-0.25, -0.2) is 4.98 Å². The standard InChI is InChI=1S/C18H21N5O2/c1-13-15(21-18(25-13)16-6-4-10-24-16)12-19-11-14-5-3-9-23(14)17-7-2-8-20-22-17/h2,4,6-8,10,14,19H,3,5,9,11-12H2,1H3/t14-/m1/s1. The van der Waals surface area contributed by atoms with Gasteiger partial charge in [0.1, 0.15) is 5.76 Å². The maximum Gasteiger partial charge on any atom is 0.263 e. The predicted molar refractivity (Wildman–Crippen MR) is 93.0 cm³/mol. The Morgan fingerprint density at radius 1 is 1.32 bits per heavy atom. The first-order chi connectivity index (χ1) is 12.3. The molecule has 0 radical (unpaired) electrons. The summed E-state index contributed by atoms with van der Waals surface area (Å²) in [5, 5.41) is 11.7. The maximum absolute atomic E-state index is 5.70. The third-order valence-corrected chi connectivity index (χ3v) is 4.53. The lowest BCUT2D eigenvalue weighted by Crippen LogP contribution is -2.38. The van der Waals surface area contributed by atoms with Gasteiger partial charge in [-0.15, -0.1) is 5.10 Å². The fraction of sp³-hybridized carbons (Fsp3) is 0.389. The molecule has 1 N–H and O–H groups in total. The number of aryl methyl sites for hydroxylation is 1. The Labute approximate surface area is 146 Å². The molecule has 25 heavy (non-hydrogen) atoms. The summed E-state index contributed by atoms with van der Waals surface area (Å²) in [6.45, 7) is 4.49. The highest BCUT2D eigenvalue weighted by atomic mass is 16.4. The van der Waals surface area contributed by atoms with Crippen molar-refractivity contribution < 1.29 is 8.83 Å². The number of hydrogen-bond donors (Lipinski definition) is 1. The molecule has 4 rings (SSSR count). The molecule has 0 amide bonds. The van der Waals surface area contributed by atoms with Crippen molar-refractivity contribution in [2.75, 3.05) is 18.0 Å². The van der Waals surface area contributed by atoms with Gasteiger partial charge in [-0.2, -0.15) is 5.10 Å². The van der Waals surface area contributed by atoms with Gasteiger partial charge in [0.25, 0.3) is 5.89 Å². The number of rotatable bonds is 6. The minimum absolute atomic E-state index is 0.424. The predicted octanol–water partition coefficient (Wildman–Crippen LogP) is 2.79. The van der Waals surface area contributed by atoms with E-state index in [0.717, 1.165) is 36.8 Å². The van der Waals surface area contributed by atoms with Crippen LogP contribution >= 0.6 is 0 Å². The van der Waals surface area contributed by atoms with E-state index in [2.05, 4.69) is 25.4 Å². The second-order valence-electron chi connectivity index (χ2n) is 6.20. The van der Waals surface area contributed by atoms with Gasteiger partial charge in [0.15, 0.2) is 11.6 Å². The quantitative estimate of drug-likeness (QED) is 0.739. The Hall–Kier alpha value is -2.67. The maximum atomic E-state index is 5.70. The van der Waals surface area contributed by atoms with Crippen molar-refractivity contribution in [1.82, 2.24) is 20.5 Å². The fourth-order valence-electron chi connectivity index (χ4n) is 3.25. The van der Waals surface area contributed by atoms with Crippen LogP contribution in [-0.4, -0.2) is 34.3 Å². The molecule has 0 aromatic carbocycles. The molecule has 1 fully saturated rings. The number of furan rings is 1. The normalized spacial score (nSPS) is 17.3. The molecule has 3 aromatic heterocycles. The molecule has 130 valence electrons. The molecule has 0 unspecified atom stereocenters. The van der Waals surface area contributed by atoms with Crippen LogP contribution in [0.2, 0.25) is 0 Å². The van der Waals surface area contributed by atoms with Crippen LogP contribution in [0.1, 0.15) is 24.3 Å². The van der Waals surface area contributed by atoms with Gasteiger partial charge in [0, 0.05) is 31.9 Å². The topological polar surface area (TPSA) is 80.2 Å². The lowest BCUT2D eigenvalue weighted by Gasteiger charge is -2.25. The van der Waals surface area contributed by atoms with Gasteiger partial charge in [0.05, 0.1) is 12.0 Å². The monoisotopic (exact) mass is 339 g/mol. The number of hydrogen-bond acceptors (Lipinski definition) is 7. The van der Waals surface area contributed by atoms with Crippen LogP contribution in [-0.2, 0) is 6.54 Å². The summed E-state index contributed by atoms with van der Waals surface area (Å²) in [4.78, 5) is 6.86. The van der Waals surface area contributed by atoms with Gasteiger partial charge in [-0.05, 0) is 44.0 Å². The van der Waals surface area contributed by atoms with E-state index in [1.807, 2.05) is 31.2 Å². The smallest absolute Gasteiger partial charge is 0.263 e. The summed E-state index contributed by atoms with van der Waals surface area (Å²) in [6, 6.07) is 8.05. The van der Waals surface area contributed by atoms with Crippen LogP contribution in [0, 0.1) is 6.92 Å². The molecular formula is C18H21N5O2. The largest absolute Gasteiger partial charge is 0.459 e. The summed E-state index contributed by atoms with van der Waals surface area (Å²) in [5.41, 5.74) is 0.912. The highest BCUT2D eigenvalue weighted by Crippen LogP contribution is 2.24. The van der Waals surface area contributed by atoms with E-state index in [1.165, 1.54) is 6.42 Å². The molecule has 3 aromatic rings. The van der Waals surface area contributed by atoms with Gasteiger partial charge in [-0.1, -0.05) is 0 Å². The van der Waals surface area contributed by atoms with E-state index in [-0.39, 0.29) is 0 Å². The zero-order valence-corrected chi connectivity index (χ0v) is 14.2. The molecule has 1 saturated heterocycles. The highest BCUT2D eigenvalue weighted by molar-refractivity contribution is 5.44. The van der Waals surface area contributed by atoms with E-state index in [4.69, 9.17) is 8.83 Å². The zero-order valence-electron chi connectivity index (χ0n) is 14.2. The van der Waals surface area contributed by atoms with E-state index in [9.17, 15) is 0 Å². The van der Waals surface area contributed by atoms with Crippen molar-refractivity contribution in [3.05, 3.63) is 48.2 Å². The highest BCUT2D eigenvalue weighted by Gasteiger charge is 2.25. The van der Waals surface area contributed by atoms with Crippen LogP contribution in [0.4, 0.5) is 5.82 Å². The van der Waals surface area contributed by atoms with Crippen molar-refractivity contribution in [2.24, 2.45) is 0 Å². The minimum Gasteiger partial charge on any atom is -0.459 e. The van der Waals surface area contributed by atoms with Crippen LogP contribution in [0.25, 0.3) is 11.7 Å². The molecule has 1 aliphatic rings. The van der Waals surface area contributed by atoms with E-state index in [1.54, 1.807) is 12.5 Å². The molecule has 0 spiro atoms. The Bertz CT molecular complexity index is 800. The average molecular weight is 339 g/mol. The molecule has 0 aliphatic carbocycles. The van der Waals surface area contributed by atoms with Gasteiger partial charge >= 0.3 is 0 Å². The molecule has 4 heterocycles. The molecule has 1 aliphatic heterocycles. The third kappa shape index (κ3) is 3.41. The zero-order chi connectivity index (χ0) is 17.1. The molecule has 0 saturated carbocycles. The Morgan fingerprint density at radius 2 is 2.28 bits per heavy atom. The second-order valence-corrected chi connectivity index (χ2v) is 6.20. The van der Waals surface area contributed by atoms with Crippen LogP contribution in [0.15, 0.2) is 45.6 Å². The molecule has 1 atom stereocenters. The number of anilines is 1. The van der Waals surface area contributed by atoms with Crippen LogP contribution < -0.4 is 10.2 Å². The first kappa shape index (κ1) is 15.8. The Kier molecular flexibility index (Phi) is 4.47. The van der Waals surface area contributed by atoms with E-state index in [0.29, 0.717) is 24.2 Å². The van der Waals surface area contributed by atoms with Crippen molar-refractivity contribution in [3.8, 4) is 11.7 Å². The van der Waals surface area contributed by atoms with Gasteiger partial charge in [-0.3, -0.25) is 0 Å². The molecule has 7 nitrogen and oxygen atoms in total. The fourth-order valence-corrected chi connectivity index (χ4v) is 3.25. The third-order valence-electron chi connectivity index (χ3n) is 4.53. The Balaban J connectivity index is 1.36. The summed E-state index contributed by atoms with van der Waals surface area (Å²) in [7, 11) is 0. The van der Waals surface area contributed by atoms with Crippen LogP contribution in [0.3, 0.4) is 0 Å². The van der Waals surface area contributed by atoms with Gasteiger partial charge in [0.2, 0.25) is 0 Å². The number of nitrogens with zero attached hydrogens (tertiary/aromatic N) is 4. The van der Waals surface area contributed by atoms with E-state index < -0.39 is 0 Å². The second kappa shape index (κ2) is 7.06. The van der Waals surface area contributed by atoms with E-state index >= 15 is 0 Å².